The van der Waals surface area contributed by atoms with Gasteiger partial charge in [-0.15, -0.1) is 0 Å². The minimum absolute atomic E-state index is 0.473. The molecule has 0 aliphatic heterocycles. The van der Waals surface area contributed by atoms with Gasteiger partial charge in [0.25, 0.3) is 0 Å². The van der Waals surface area contributed by atoms with Crippen LogP contribution in [0.1, 0.15) is 19.4 Å². The summed E-state index contributed by atoms with van der Waals surface area (Å²) in [5, 5.41) is 7.11. The lowest BCUT2D eigenvalue weighted by Crippen LogP contribution is -2.07. The largest absolute Gasteiger partial charge is 0.337 e. The van der Waals surface area contributed by atoms with Crippen LogP contribution in [0.25, 0.3) is 11.4 Å². The third-order valence-electron chi connectivity index (χ3n) is 2.52. The van der Waals surface area contributed by atoms with Gasteiger partial charge < -0.3 is 9.84 Å². The Morgan fingerprint density at radius 3 is 2.83 bits per heavy atom. The molecule has 0 atom stereocenters. The predicted octanol–water partition coefficient (Wildman–Crippen LogP) is 3.88. The summed E-state index contributed by atoms with van der Waals surface area (Å²) < 4.78 is 6.22. The summed E-state index contributed by atoms with van der Waals surface area (Å²) in [6.07, 6.45) is 0. The van der Waals surface area contributed by atoms with Gasteiger partial charge in [-0.25, -0.2) is 0 Å². The third-order valence-corrected chi connectivity index (χ3v) is 3.01. The van der Waals surface area contributed by atoms with E-state index in [0.717, 1.165) is 22.1 Å². The number of nitrogens with zero attached hydrogens (tertiary/aromatic N) is 2. The van der Waals surface area contributed by atoms with Crippen molar-refractivity contribution in [3.05, 3.63) is 28.2 Å². The molecule has 0 saturated carbocycles. The lowest BCUT2D eigenvalue weighted by molar-refractivity contribution is 0.429. The fourth-order valence-corrected chi connectivity index (χ4v) is 2.05. The van der Waals surface area contributed by atoms with E-state index in [2.05, 4.69) is 45.2 Å². The molecule has 5 heteroatoms. The van der Waals surface area contributed by atoms with Gasteiger partial charge in [-0.2, -0.15) is 4.98 Å². The van der Waals surface area contributed by atoms with Crippen LogP contribution in [-0.2, 0) is 0 Å². The highest BCUT2D eigenvalue weighted by molar-refractivity contribution is 9.10. The van der Waals surface area contributed by atoms with Crippen LogP contribution in [0.2, 0.25) is 0 Å². The fraction of sp³-hybridized carbons (Fsp3) is 0.385. The maximum atomic E-state index is 5.17. The summed E-state index contributed by atoms with van der Waals surface area (Å²) in [4.78, 5) is 4.34. The van der Waals surface area contributed by atoms with Crippen molar-refractivity contribution in [3.8, 4) is 11.4 Å². The number of halogens is 1. The standard InChI is InChI=1S/C13H16BrN3O/c1-8(2)7-15-13-16-12(17-18-13)11-5-4-10(14)6-9(11)3/h4-6,8H,7H2,1-3H3,(H,15,16,17). The number of aromatic nitrogens is 2. The SMILES string of the molecule is Cc1cc(Br)ccc1-c1noc(NCC(C)C)n1. The van der Waals surface area contributed by atoms with Gasteiger partial charge in [0.05, 0.1) is 0 Å². The highest BCUT2D eigenvalue weighted by atomic mass is 79.9. The Morgan fingerprint density at radius 1 is 1.39 bits per heavy atom. The minimum Gasteiger partial charge on any atom is -0.337 e. The molecule has 0 spiro atoms. The van der Waals surface area contributed by atoms with Gasteiger partial charge in [-0.1, -0.05) is 34.9 Å². The van der Waals surface area contributed by atoms with Crippen LogP contribution < -0.4 is 5.32 Å². The molecule has 0 radical (unpaired) electrons. The van der Waals surface area contributed by atoms with E-state index in [0.29, 0.717) is 17.8 Å². The molecule has 0 unspecified atom stereocenters. The molecule has 1 aromatic heterocycles. The van der Waals surface area contributed by atoms with E-state index in [1.807, 2.05) is 25.1 Å². The van der Waals surface area contributed by atoms with E-state index in [1.54, 1.807) is 0 Å². The van der Waals surface area contributed by atoms with Crippen LogP contribution >= 0.6 is 15.9 Å². The van der Waals surface area contributed by atoms with E-state index in [1.165, 1.54) is 0 Å². The molecule has 0 aliphatic carbocycles. The molecule has 0 saturated heterocycles. The van der Waals surface area contributed by atoms with Crippen LogP contribution in [-0.4, -0.2) is 16.7 Å². The summed E-state index contributed by atoms with van der Waals surface area (Å²) in [6.45, 7) is 7.10. The Hall–Kier alpha value is -1.36. The Bertz CT molecular complexity index is 537. The number of aryl methyl sites for hydroxylation is 1. The summed E-state index contributed by atoms with van der Waals surface area (Å²) in [5.41, 5.74) is 2.10. The molecule has 1 heterocycles. The van der Waals surface area contributed by atoms with Gasteiger partial charge >= 0.3 is 6.01 Å². The summed E-state index contributed by atoms with van der Waals surface area (Å²) in [7, 11) is 0. The van der Waals surface area contributed by atoms with Crippen molar-refractivity contribution in [2.75, 3.05) is 11.9 Å². The van der Waals surface area contributed by atoms with E-state index >= 15 is 0 Å². The Morgan fingerprint density at radius 2 is 2.17 bits per heavy atom. The first-order valence-electron chi connectivity index (χ1n) is 5.90. The second-order valence-corrected chi connectivity index (χ2v) is 5.57. The first-order chi connectivity index (χ1) is 8.56. The molecular weight excluding hydrogens is 294 g/mol. The number of anilines is 1. The second-order valence-electron chi connectivity index (χ2n) is 4.66. The molecule has 2 rings (SSSR count). The van der Waals surface area contributed by atoms with Crippen LogP contribution in [0.15, 0.2) is 27.2 Å². The highest BCUT2D eigenvalue weighted by Gasteiger charge is 2.10. The molecule has 0 aliphatic rings. The molecule has 0 amide bonds. The van der Waals surface area contributed by atoms with Gasteiger partial charge in [0.2, 0.25) is 5.82 Å². The van der Waals surface area contributed by atoms with Crippen molar-refractivity contribution in [1.29, 1.82) is 0 Å². The third kappa shape index (κ3) is 3.10. The highest BCUT2D eigenvalue weighted by Crippen LogP contribution is 2.24. The second kappa shape index (κ2) is 5.52. The fourth-order valence-electron chi connectivity index (χ4n) is 1.57. The monoisotopic (exact) mass is 309 g/mol. The molecule has 18 heavy (non-hydrogen) atoms. The van der Waals surface area contributed by atoms with Crippen molar-refractivity contribution in [1.82, 2.24) is 10.1 Å². The van der Waals surface area contributed by atoms with Gasteiger partial charge in [0, 0.05) is 16.6 Å². The summed E-state index contributed by atoms with van der Waals surface area (Å²) in [5.74, 6) is 1.15. The average molecular weight is 310 g/mol. The molecule has 96 valence electrons. The number of benzene rings is 1. The molecule has 0 fully saturated rings. The van der Waals surface area contributed by atoms with Gasteiger partial charge in [0.15, 0.2) is 0 Å². The summed E-state index contributed by atoms with van der Waals surface area (Å²) >= 11 is 3.44. The number of hydrogen-bond donors (Lipinski definition) is 1. The number of nitrogens with one attached hydrogen (secondary N) is 1. The number of rotatable bonds is 4. The molecule has 0 bridgehead atoms. The van der Waals surface area contributed by atoms with Gasteiger partial charge in [-0.05, 0) is 36.6 Å². The normalized spacial score (nSPS) is 10.9. The van der Waals surface area contributed by atoms with Crippen LogP contribution in [0, 0.1) is 12.8 Å². The van der Waals surface area contributed by atoms with Crippen LogP contribution in [0.3, 0.4) is 0 Å². The zero-order valence-corrected chi connectivity index (χ0v) is 12.3. The Kier molecular flexibility index (Phi) is 4.01. The summed E-state index contributed by atoms with van der Waals surface area (Å²) in [6, 6.07) is 6.46. The van der Waals surface area contributed by atoms with Crippen molar-refractivity contribution < 1.29 is 4.52 Å². The molecular formula is C13H16BrN3O. The van der Waals surface area contributed by atoms with Crippen LogP contribution in [0.5, 0.6) is 0 Å². The maximum Gasteiger partial charge on any atom is 0.321 e. The van der Waals surface area contributed by atoms with E-state index < -0.39 is 0 Å². The van der Waals surface area contributed by atoms with Crippen molar-refractivity contribution >= 4 is 21.9 Å². The molecule has 1 N–H and O–H groups in total. The smallest absolute Gasteiger partial charge is 0.321 e. The average Bonchev–Trinajstić information content (AvgIpc) is 2.75. The predicted molar refractivity (Wildman–Crippen MR) is 75.5 cm³/mol. The first kappa shape index (κ1) is 13.1. The molecule has 1 aromatic carbocycles. The van der Waals surface area contributed by atoms with Gasteiger partial charge in [-0.3, -0.25) is 0 Å². The van der Waals surface area contributed by atoms with E-state index in [4.69, 9.17) is 4.52 Å². The molecule has 4 nitrogen and oxygen atoms in total. The van der Waals surface area contributed by atoms with E-state index in [-0.39, 0.29) is 0 Å². The quantitative estimate of drug-likeness (QED) is 0.931. The van der Waals surface area contributed by atoms with E-state index in [9.17, 15) is 0 Å². The lowest BCUT2D eigenvalue weighted by Gasteiger charge is -2.03. The van der Waals surface area contributed by atoms with Crippen molar-refractivity contribution in [3.63, 3.8) is 0 Å². The zero-order chi connectivity index (χ0) is 13.1. The Labute approximate surface area is 115 Å². The van der Waals surface area contributed by atoms with Crippen LogP contribution in [0.4, 0.5) is 6.01 Å². The topological polar surface area (TPSA) is 51.0 Å². The van der Waals surface area contributed by atoms with Crippen molar-refractivity contribution in [2.45, 2.75) is 20.8 Å². The number of hydrogen-bond acceptors (Lipinski definition) is 4. The Balaban J connectivity index is 2.18. The maximum absolute atomic E-state index is 5.17. The lowest BCUT2D eigenvalue weighted by atomic mass is 10.1. The van der Waals surface area contributed by atoms with Crippen molar-refractivity contribution in [2.24, 2.45) is 5.92 Å². The zero-order valence-electron chi connectivity index (χ0n) is 10.7. The van der Waals surface area contributed by atoms with Gasteiger partial charge in [0.1, 0.15) is 0 Å². The first-order valence-corrected chi connectivity index (χ1v) is 6.69. The minimum atomic E-state index is 0.473. The molecule has 2 aromatic rings.